The van der Waals surface area contributed by atoms with Crippen molar-refractivity contribution >= 4 is 45.7 Å². The lowest BCUT2D eigenvalue weighted by Gasteiger charge is -2.08. The summed E-state index contributed by atoms with van der Waals surface area (Å²) in [5.74, 6) is 0.517. The predicted octanol–water partition coefficient (Wildman–Crippen LogP) is 5.87. The Kier molecular flexibility index (Phi) is 3.78. The van der Waals surface area contributed by atoms with Gasteiger partial charge >= 0.3 is 0 Å². The molecule has 0 aliphatic heterocycles. The Hall–Kier alpha value is -1.35. The molecule has 2 nitrogen and oxygen atoms in total. The number of benzene rings is 2. The molecule has 3 rings (SSSR count). The van der Waals surface area contributed by atoms with Gasteiger partial charge in [0.25, 0.3) is 0 Å². The van der Waals surface area contributed by atoms with Crippen LogP contribution in [0.2, 0.25) is 15.2 Å². The minimum absolute atomic E-state index is 0.387. The Balaban J connectivity index is 2.30. The summed E-state index contributed by atoms with van der Waals surface area (Å²) < 4.78 is 0. The van der Waals surface area contributed by atoms with Gasteiger partial charge < -0.3 is 0 Å². The van der Waals surface area contributed by atoms with E-state index in [1.54, 1.807) is 0 Å². The highest BCUT2D eigenvalue weighted by atomic mass is 35.5. The first-order chi connectivity index (χ1) is 9.94. The van der Waals surface area contributed by atoms with Crippen LogP contribution in [0.5, 0.6) is 0 Å². The number of halogens is 3. The molecule has 0 aliphatic rings. The van der Waals surface area contributed by atoms with Gasteiger partial charge in [-0.25, -0.2) is 9.97 Å². The van der Waals surface area contributed by atoms with Gasteiger partial charge in [0, 0.05) is 16.0 Å². The second-order valence-electron chi connectivity index (χ2n) is 5.00. The van der Waals surface area contributed by atoms with Gasteiger partial charge in [-0.3, -0.25) is 0 Å². The summed E-state index contributed by atoms with van der Waals surface area (Å²) in [5, 5.41) is 2.34. The monoisotopic (exact) mass is 336 g/mol. The molecular formula is C16H11Cl3N2. The number of aromatic nitrogens is 2. The number of hydrogen-bond acceptors (Lipinski definition) is 2. The molecule has 21 heavy (non-hydrogen) atoms. The van der Waals surface area contributed by atoms with Crippen molar-refractivity contribution in [3.05, 3.63) is 56.7 Å². The number of aryl methyl sites for hydroxylation is 2. The summed E-state index contributed by atoms with van der Waals surface area (Å²) in [4.78, 5) is 8.92. The standard InChI is InChI=1S/C16H11Cl3N2/c1-8-3-10(7-11(17)4-8)16-20-14-12(15(19)21-16)5-9(2)6-13(14)18/h3-7H,1-2H3. The molecule has 3 aromatic rings. The predicted molar refractivity (Wildman–Crippen MR) is 89.5 cm³/mol. The lowest BCUT2D eigenvalue weighted by atomic mass is 10.1. The molecule has 1 heterocycles. The summed E-state index contributed by atoms with van der Waals surface area (Å²) >= 11 is 18.7. The summed E-state index contributed by atoms with van der Waals surface area (Å²) in [6.07, 6.45) is 0. The van der Waals surface area contributed by atoms with Crippen LogP contribution in [0, 0.1) is 13.8 Å². The number of nitrogens with zero attached hydrogens (tertiary/aromatic N) is 2. The van der Waals surface area contributed by atoms with Crippen molar-refractivity contribution < 1.29 is 0 Å². The Morgan fingerprint density at radius 1 is 0.810 bits per heavy atom. The smallest absolute Gasteiger partial charge is 0.161 e. The van der Waals surface area contributed by atoms with E-state index in [9.17, 15) is 0 Å². The zero-order valence-corrected chi connectivity index (χ0v) is 13.7. The molecule has 0 N–H and O–H groups in total. The maximum Gasteiger partial charge on any atom is 0.161 e. The second-order valence-corrected chi connectivity index (χ2v) is 6.20. The van der Waals surface area contributed by atoms with E-state index in [0.717, 1.165) is 22.1 Å². The van der Waals surface area contributed by atoms with Gasteiger partial charge in [-0.1, -0.05) is 34.8 Å². The fourth-order valence-electron chi connectivity index (χ4n) is 2.28. The van der Waals surface area contributed by atoms with Crippen molar-refractivity contribution in [3.63, 3.8) is 0 Å². The first-order valence-corrected chi connectivity index (χ1v) is 7.48. The van der Waals surface area contributed by atoms with Crippen molar-refractivity contribution in [2.45, 2.75) is 13.8 Å². The number of hydrogen-bond donors (Lipinski definition) is 0. The molecule has 5 heteroatoms. The molecule has 0 saturated heterocycles. The van der Waals surface area contributed by atoms with Crippen LogP contribution in [-0.2, 0) is 0 Å². The summed E-state index contributed by atoms with van der Waals surface area (Å²) in [7, 11) is 0. The van der Waals surface area contributed by atoms with Crippen LogP contribution < -0.4 is 0 Å². The molecule has 0 spiro atoms. The fraction of sp³-hybridized carbons (Fsp3) is 0.125. The Bertz CT molecular complexity index is 840. The molecule has 2 aromatic carbocycles. The third-order valence-corrected chi connectivity index (χ3v) is 3.95. The summed E-state index contributed by atoms with van der Waals surface area (Å²) in [5.41, 5.74) is 3.52. The van der Waals surface area contributed by atoms with E-state index in [0.29, 0.717) is 26.5 Å². The third-order valence-electron chi connectivity index (χ3n) is 3.15. The fourth-order valence-corrected chi connectivity index (χ4v) is 3.11. The van der Waals surface area contributed by atoms with Crippen LogP contribution in [-0.4, -0.2) is 9.97 Å². The quantitative estimate of drug-likeness (QED) is 0.519. The first kappa shape index (κ1) is 14.6. The van der Waals surface area contributed by atoms with Crippen LogP contribution in [0.3, 0.4) is 0 Å². The van der Waals surface area contributed by atoms with Gasteiger partial charge in [-0.2, -0.15) is 0 Å². The topological polar surface area (TPSA) is 25.8 Å². The summed E-state index contributed by atoms with van der Waals surface area (Å²) in [6.45, 7) is 3.92. The molecule has 106 valence electrons. The lowest BCUT2D eigenvalue weighted by molar-refractivity contribution is 1.22. The normalized spacial score (nSPS) is 11.1. The molecule has 0 amide bonds. The second kappa shape index (κ2) is 5.45. The van der Waals surface area contributed by atoms with Crippen molar-refractivity contribution in [2.75, 3.05) is 0 Å². The Morgan fingerprint density at radius 3 is 2.24 bits per heavy atom. The van der Waals surface area contributed by atoms with Gasteiger partial charge in [0.15, 0.2) is 5.82 Å². The van der Waals surface area contributed by atoms with E-state index < -0.39 is 0 Å². The molecular weight excluding hydrogens is 327 g/mol. The third kappa shape index (κ3) is 2.84. The maximum absolute atomic E-state index is 6.29. The average molecular weight is 338 g/mol. The van der Waals surface area contributed by atoms with Crippen LogP contribution in [0.1, 0.15) is 11.1 Å². The largest absolute Gasteiger partial charge is 0.226 e. The van der Waals surface area contributed by atoms with Gasteiger partial charge in [0.2, 0.25) is 0 Å². The van der Waals surface area contributed by atoms with Crippen molar-refractivity contribution in [2.24, 2.45) is 0 Å². The van der Waals surface area contributed by atoms with Crippen molar-refractivity contribution in [1.29, 1.82) is 0 Å². The van der Waals surface area contributed by atoms with Crippen LogP contribution in [0.15, 0.2) is 30.3 Å². The first-order valence-electron chi connectivity index (χ1n) is 6.35. The molecule has 0 bridgehead atoms. The van der Waals surface area contributed by atoms with Crippen LogP contribution in [0.4, 0.5) is 0 Å². The van der Waals surface area contributed by atoms with Crippen molar-refractivity contribution in [3.8, 4) is 11.4 Å². The highest BCUT2D eigenvalue weighted by molar-refractivity contribution is 6.38. The van der Waals surface area contributed by atoms with Crippen molar-refractivity contribution in [1.82, 2.24) is 9.97 Å². The minimum atomic E-state index is 0.387. The van der Waals surface area contributed by atoms with Gasteiger partial charge in [-0.15, -0.1) is 0 Å². The molecule has 0 saturated carbocycles. The zero-order valence-electron chi connectivity index (χ0n) is 11.4. The Labute approximate surface area is 137 Å². The van der Waals surface area contributed by atoms with Gasteiger partial charge in [-0.05, 0) is 55.3 Å². The van der Waals surface area contributed by atoms with E-state index in [2.05, 4.69) is 9.97 Å². The average Bonchev–Trinajstić information content (AvgIpc) is 2.38. The maximum atomic E-state index is 6.29. The molecule has 0 aliphatic carbocycles. The van der Waals surface area contributed by atoms with E-state index in [-0.39, 0.29) is 0 Å². The molecule has 0 radical (unpaired) electrons. The zero-order chi connectivity index (χ0) is 15.1. The Morgan fingerprint density at radius 2 is 1.52 bits per heavy atom. The van der Waals surface area contributed by atoms with E-state index in [4.69, 9.17) is 34.8 Å². The highest BCUT2D eigenvalue weighted by Gasteiger charge is 2.12. The lowest BCUT2D eigenvalue weighted by Crippen LogP contribution is -1.94. The molecule has 0 unspecified atom stereocenters. The van der Waals surface area contributed by atoms with Gasteiger partial charge in [0.05, 0.1) is 10.5 Å². The van der Waals surface area contributed by atoms with Crippen LogP contribution >= 0.6 is 34.8 Å². The number of fused-ring (bicyclic) bond motifs is 1. The van der Waals surface area contributed by atoms with Gasteiger partial charge in [0.1, 0.15) is 5.15 Å². The highest BCUT2D eigenvalue weighted by Crippen LogP contribution is 2.31. The van der Waals surface area contributed by atoms with Crippen LogP contribution in [0.25, 0.3) is 22.3 Å². The molecule has 1 aromatic heterocycles. The van der Waals surface area contributed by atoms with E-state index >= 15 is 0 Å². The minimum Gasteiger partial charge on any atom is -0.226 e. The van der Waals surface area contributed by atoms with E-state index in [1.165, 1.54) is 0 Å². The van der Waals surface area contributed by atoms with E-state index in [1.807, 2.05) is 44.2 Å². The SMILES string of the molecule is Cc1cc(Cl)cc(-c2nc(Cl)c3cc(C)cc(Cl)c3n2)c1. The number of rotatable bonds is 1. The summed E-state index contributed by atoms with van der Waals surface area (Å²) in [6, 6.07) is 9.44. The molecule has 0 fully saturated rings. The molecule has 0 atom stereocenters.